The van der Waals surface area contributed by atoms with Crippen molar-refractivity contribution in [2.45, 2.75) is 4.90 Å². The predicted molar refractivity (Wildman–Crippen MR) is 81.4 cm³/mol. The fourth-order valence-corrected chi connectivity index (χ4v) is 3.27. The first kappa shape index (κ1) is 14.8. The van der Waals surface area contributed by atoms with E-state index in [-0.39, 0.29) is 14.9 Å². The number of nitrogens with two attached hydrogens (primary N) is 1. The van der Waals surface area contributed by atoms with Gasteiger partial charge in [-0.25, -0.2) is 8.42 Å². The highest BCUT2D eigenvalue weighted by molar-refractivity contribution is 7.92. The lowest BCUT2D eigenvalue weighted by Crippen LogP contribution is -2.17. The van der Waals surface area contributed by atoms with Crippen molar-refractivity contribution >= 4 is 44.6 Å². The summed E-state index contributed by atoms with van der Waals surface area (Å²) in [7, 11) is -2.23. The van der Waals surface area contributed by atoms with Gasteiger partial charge in [0.25, 0.3) is 10.0 Å². The summed E-state index contributed by atoms with van der Waals surface area (Å²) in [6.07, 6.45) is 1.48. The Balaban J connectivity index is 2.46. The Morgan fingerprint density at radius 3 is 2.70 bits per heavy atom. The summed E-state index contributed by atoms with van der Waals surface area (Å²) in [5.41, 5.74) is 5.92. The third-order valence-electron chi connectivity index (χ3n) is 2.57. The molecular formula is C11H11ClN4O2S2. The van der Waals surface area contributed by atoms with Crippen LogP contribution in [0.15, 0.2) is 35.4 Å². The zero-order valence-electron chi connectivity index (χ0n) is 10.4. The van der Waals surface area contributed by atoms with Crippen LogP contribution < -0.4 is 10.5 Å². The summed E-state index contributed by atoms with van der Waals surface area (Å²) < 4.78 is 28.4. The van der Waals surface area contributed by atoms with Crippen molar-refractivity contribution in [2.24, 2.45) is 12.8 Å². The molecule has 6 nitrogen and oxygen atoms in total. The fourth-order valence-electron chi connectivity index (χ4n) is 1.53. The fraction of sp³-hybridized carbons (Fsp3) is 0.0909. The Bertz CT molecular complexity index is 770. The molecule has 0 aliphatic rings. The molecule has 20 heavy (non-hydrogen) atoms. The first-order valence-corrected chi connectivity index (χ1v) is 7.68. The highest BCUT2D eigenvalue weighted by Gasteiger charge is 2.20. The Labute approximate surface area is 126 Å². The number of sulfonamides is 1. The van der Waals surface area contributed by atoms with Crippen molar-refractivity contribution in [1.29, 1.82) is 0 Å². The molecule has 1 aromatic heterocycles. The van der Waals surface area contributed by atoms with Gasteiger partial charge in [0.1, 0.15) is 15.7 Å². The molecule has 2 rings (SSSR count). The minimum atomic E-state index is -3.85. The summed E-state index contributed by atoms with van der Waals surface area (Å²) in [5, 5.41) is 3.96. The van der Waals surface area contributed by atoms with E-state index in [0.717, 1.165) is 0 Å². The predicted octanol–water partition coefficient (Wildman–Crippen LogP) is 1.51. The van der Waals surface area contributed by atoms with Gasteiger partial charge in [-0.3, -0.25) is 9.40 Å². The summed E-state index contributed by atoms with van der Waals surface area (Å²) in [5.74, 6) is 0.321. The number of rotatable bonds is 4. The standard InChI is InChI=1S/C11H11ClN4O2S2/c1-16-10(4-5-14-16)15-20(17,18)9-6-7(11(13)19)2-3-8(9)12/h2-6,15H,1H3,(H2,13,19). The third-order valence-corrected chi connectivity index (χ3v) is 4.64. The molecule has 0 aliphatic heterocycles. The topological polar surface area (TPSA) is 90.0 Å². The molecule has 1 heterocycles. The molecule has 9 heteroatoms. The number of thiocarbonyl (C=S) groups is 1. The van der Waals surface area contributed by atoms with E-state index in [1.165, 1.54) is 29.1 Å². The molecule has 0 bridgehead atoms. The second kappa shape index (κ2) is 5.39. The van der Waals surface area contributed by atoms with Crippen molar-refractivity contribution in [3.05, 3.63) is 41.0 Å². The Hall–Kier alpha value is -1.64. The lowest BCUT2D eigenvalue weighted by atomic mass is 10.2. The zero-order chi connectivity index (χ0) is 14.9. The number of nitrogens with one attached hydrogen (secondary N) is 1. The van der Waals surface area contributed by atoms with Gasteiger partial charge in [-0.05, 0) is 12.1 Å². The van der Waals surface area contributed by atoms with Gasteiger partial charge in [0.05, 0.1) is 11.2 Å². The number of hydrogen-bond acceptors (Lipinski definition) is 4. The maximum Gasteiger partial charge on any atom is 0.264 e. The number of hydrogen-bond donors (Lipinski definition) is 2. The number of anilines is 1. The first-order valence-electron chi connectivity index (χ1n) is 5.41. The summed E-state index contributed by atoms with van der Waals surface area (Å²) >= 11 is 10.8. The van der Waals surface area contributed by atoms with Crippen LogP contribution in [0, 0.1) is 0 Å². The Morgan fingerprint density at radius 1 is 1.45 bits per heavy atom. The molecule has 3 N–H and O–H groups in total. The van der Waals surface area contributed by atoms with E-state index in [9.17, 15) is 8.42 Å². The van der Waals surface area contributed by atoms with Crippen LogP contribution in [0.3, 0.4) is 0 Å². The van der Waals surface area contributed by atoms with Crippen molar-refractivity contribution in [3.8, 4) is 0 Å². The number of aromatic nitrogens is 2. The van der Waals surface area contributed by atoms with Crippen LogP contribution >= 0.6 is 23.8 Å². The molecule has 2 aromatic rings. The maximum absolute atomic E-state index is 12.3. The molecule has 0 spiro atoms. The minimum absolute atomic E-state index is 0.0830. The third kappa shape index (κ3) is 2.92. The van der Waals surface area contributed by atoms with Crippen LogP contribution in [0.5, 0.6) is 0 Å². The van der Waals surface area contributed by atoms with Crippen molar-refractivity contribution in [3.63, 3.8) is 0 Å². The molecule has 0 saturated heterocycles. The van der Waals surface area contributed by atoms with Crippen LogP contribution in [-0.2, 0) is 17.1 Å². The Kier molecular flexibility index (Phi) is 3.98. The van der Waals surface area contributed by atoms with E-state index >= 15 is 0 Å². The summed E-state index contributed by atoms with van der Waals surface area (Å²) in [6.45, 7) is 0. The van der Waals surface area contributed by atoms with Crippen LogP contribution in [0.25, 0.3) is 0 Å². The number of aryl methyl sites for hydroxylation is 1. The van der Waals surface area contributed by atoms with Crippen LogP contribution in [0.2, 0.25) is 5.02 Å². The zero-order valence-corrected chi connectivity index (χ0v) is 12.8. The molecule has 106 valence electrons. The smallest absolute Gasteiger partial charge is 0.264 e. The Morgan fingerprint density at radius 2 is 2.15 bits per heavy atom. The van der Waals surface area contributed by atoms with Gasteiger partial charge in [0.2, 0.25) is 0 Å². The largest absolute Gasteiger partial charge is 0.389 e. The SMILES string of the molecule is Cn1nccc1NS(=O)(=O)c1cc(C(N)=S)ccc1Cl. The molecule has 0 radical (unpaired) electrons. The van der Waals surface area contributed by atoms with Gasteiger partial charge in [0.15, 0.2) is 0 Å². The highest BCUT2D eigenvalue weighted by atomic mass is 35.5. The number of nitrogens with zero attached hydrogens (tertiary/aromatic N) is 2. The van der Waals surface area contributed by atoms with Gasteiger partial charge >= 0.3 is 0 Å². The molecule has 0 unspecified atom stereocenters. The normalized spacial score (nSPS) is 11.3. The maximum atomic E-state index is 12.3. The van der Waals surface area contributed by atoms with Gasteiger partial charge in [0, 0.05) is 18.7 Å². The lowest BCUT2D eigenvalue weighted by Gasteiger charge is -2.10. The van der Waals surface area contributed by atoms with E-state index in [1.54, 1.807) is 13.1 Å². The van der Waals surface area contributed by atoms with Crippen LogP contribution in [0.1, 0.15) is 5.56 Å². The average molecular weight is 331 g/mol. The van der Waals surface area contributed by atoms with Crippen molar-refractivity contribution < 1.29 is 8.42 Å². The monoisotopic (exact) mass is 330 g/mol. The van der Waals surface area contributed by atoms with Gasteiger partial charge < -0.3 is 5.73 Å². The lowest BCUT2D eigenvalue weighted by molar-refractivity contribution is 0.600. The van der Waals surface area contributed by atoms with E-state index in [2.05, 4.69) is 9.82 Å². The van der Waals surface area contributed by atoms with Crippen LogP contribution in [-0.4, -0.2) is 23.2 Å². The van der Waals surface area contributed by atoms with Gasteiger partial charge in [-0.1, -0.05) is 29.9 Å². The summed E-state index contributed by atoms with van der Waals surface area (Å²) in [4.78, 5) is 0.00400. The van der Waals surface area contributed by atoms with E-state index in [0.29, 0.717) is 11.4 Å². The van der Waals surface area contributed by atoms with E-state index < -0.39 is 10.0 Å². The van der Waals surface area contributed by atoms with E-state index in [4.69, 9.17) is 29.6 Å². The molecule has 0 fully saturated rings. The second-order valence-electron chi connectivity index (χ2n) is 3.96. The average Bonchev–Trinajstić information content (AvgIpc) is 2.74. The molecular weight excluding hydrogens is 320 g/mol. The van der Waals surface area contributed by atoms with Crippen molar-refractivity contribution in [2.75, 3.05) is 4.72 Å². The quantitative estimate of drug-likeness (QED) is 0.829. The molecule has 0 aliphatic carbocycles. The highest BCUT2D eigenvalue weighted by Crippen LogP contribution is 2.24. The van der Waals surface area contributed by atoms with Gasteiger partial charge in [-0.2, -0.15) is 5.10 Å². The van der Waals surface area contributed by atoms with Gasteiger partial charge in [-0.15, -0.1) is 0 Å². The molecule has 1 aromatic carbocycles. The summed E-state index contributed by atoms with van der Waals surface area (Å²) in [6, 6.07) is 5.87. The second-order valence-corrected chi connectivity index (χ2v) is 6.45. The number of halogens is 1. The number of benzene rings is 1. The van der Waals surface area contributed by atoms with E-state index in [1.807, 2.05) is 0 Å². The molecule has 0 amide bonds. The van der Waals surface area contributed by atoms with Crippen molar-refractivity contribution in [1.82, 2.24) is 9.78 Å². The molecule has 0 atom stereocenters. The minimum Gasteiger partial charge on any atom is -0.389 e. The first-order chi connectivity index (χ1) is 9.31. The van der Waals surface area contributed by atoms with Crippen LogP contribution in [0.4, 0.5) is 5.82 Å². The molecule has 0 saturated carbocycles.